The number of hydrogen-bond acceptors (Lipinski definition) is 5. The van der Waals surface area contributed by atoms with E-state index in [1.807, 2.05) is 6.92 Å². The van der Waals surface area contributed by atoms with Crippen LogP contribution in [-0.2, 0) is 11.3 Å². The Balaban J connectivity index is 1.59. The quantitative estimate of drug-likeness (QED) is 0.768. The van der Waals surface area contributed by atoms with Crippen LogP contribution in [0.1, 0.15) is 37.1 Å². The fourth-order valence-electron chi connectivity index (χ4n) is 1.95. The monoisotopic (exact) mass is 225 g/mol. The third kappa shape index (κ3) is 3.28. The average molecular weight is 225 g/mol. The summed E-state index contributed by atoms with van der Waals surface area (Å²) in [7, 11) is 0. The van der Waals surface area contributed by atoms with Gasteiger partial charge >= 0.3 is 0 Å². The molecule has 1 atom stereocenters. The Morgan fingerprint density at radius 1 is 1.44 bits per heavy atom. The third-order valence-electron chi connectivity index (χ3n) is 3.01. The molecule has 1 aromatic heterocycles. The van der Waals surface area contributed by atoms with Crippen molar-refractivity contribution < 1.29 is 9.37 Å². The third-order valence-corrected chi connectivity index (χ3v) is 3.01. The molecule has 90 valence electrons. The SMILES string of the molecule is Cc1nonc1COCCC1CCCCN1. The fourth-order valence-corrected chi connectivity index (χ4v) is 1.95. The second-order valence-corrected chi connectivity index (χ2v) is 4.28. The summed E-state index contributed by atoms with van der Waals surface area (Å²) in [5.41, 5.74) is 1.62. The van der Waals surface area contributed by atoms with Crippen molar-refractivity contribution in [2.24, 2.45) is 0 Å². The first-order chi connectivity index (χ1) is 7.86. The molecule has 16 heavy (non-hydrogen) atoms. The number of hydrogen-bond donors (Lipinski definition) is 1. The van der Waals surface area contributed by atoms with Crippen LogP contribution < -0.4 is 5.32 Å². The molecule has 1 aliphatic heterocycles. The van der Waals surface area contributed by atoms with Crippen LogP contribution in [0.25, 0.3) is 0 Å². The Kier molecular flexibility index (Phi) is 4.30. The summed E-state index contributed by atoms with van der Waals surface area (Å²) in [5.74, 6) is 0. The van der Waals surface area contributed by atoms with Gasteiger partial charge in [-0.1, -0.05) is 16.7 Å². The number of nitrogens with one attached hydrogen (secondary N) is 1. The van der Waals surface area contributed by atoms with E-state index in [4.69, 9.17) is 4.74 Å². The molecule has 0 aromatic carbocycles. The van der Waals surface area contributed by atoms with Gasteiger partial charge in [-0.2, -0.15) is 0 Å². The molecule has 0 radical (unpaired) electrons. The zero-order valence-corrected chi connectivity index (χ0v) is 9.74. The van der Waals surface area contributed by atoms with Crippen LogP contribution in [0.2, 0.25) is 0 Å². The molecule has 5 heteroatoms. The maximum absolute atomic E-state index is 5.56. The highest BCUT2D eigenvalue weighted by Crippen LogP contribution is 2.10. The Bertz CT molecular complexity index is 308. The molecule has 1 saturated heterocycles. The van der Waals surface area contributed by atoms with Gasteiger partial charge < -0.3 is 10.1 Å². The summed E-state index contributed by atoms with van der Waals surface area (Å²) >= 11 is 0. The van der Waals surface area contributed by atoms with E-state index in [0.717, 1.165) is 31.0 Å². The first kappa shape index (κ1) is 11.5. The standard InChI is InChI=1S/C11H19N3O2/c1-9-11(14-16-13-9)8-15-7-5-10-4-2-3-6-12-10/h10,12H,2-8H2,1H3. The van der Waals surface area contributed by atoms with Crippen molar-refractivity contribution in [2.45, 2.75) is 45.3 Å². The number of nitrogens with zero attached hydrogens (tertiary/aromatic N) is 2. The zero-order valence-electron chi connectivity index (χ0n) is 9.74. The Morgan fingerprint density at radius 2 is 2.38 bits per heavy atom. The molecule has 0 spiro atoms. The van der Waals surface area contributed by atoms with Gasteiger partial charge in [-0.15, -0.1) is 0 Å². The summed E-state index contributed by atoms with van der Waals surface area (Å²) in [6.45, 7) is 4.29. The van der Waals surface area contributed by atoms with E-state index in [0.29, 0.717) is 12.6 Å². The topological polar surface area (TPSA) is 60.2 Å². The van der Waals surface area contributed by atoms with E-state index >= 15 is 0 Å². The van der Waals surface area contributed by atoms with Crippen molar-refractivity contribution in [3.05, 3.63) is 11.4 Å². The molecular weight excluding hydrogens is 206 g/mol. The number of ether oxygens (including phenoxy) is 1. The Hall–Kier alpha value is -0.940. The fraction of sp³-hybridized carbons (Fsp3) is 0.818. The highest BCUT2D eigenvalue weighted by molar-refractivity contribution is 5.02. The molecule has 5 nitrogen and oxygen atoms in total. The second kappa shape index (κ2) is 5.96. The van der Waals surface area contributed by atoms with E-state index in [-0.39, 0.29) is 0 Å². The minimum absolute atomic E-state index is 0.502. The minimum atomic E-state index is 0.502. The highest BCUT2D eigenvalue weighted by Gasteiger charge is 2.12. The summed E-state index contributed by atoms with van der Waals surface area (Å²) in [6, 6.07) is 0.630. The number of piperidine rings is 1. The van der Waals surface area contributed by atoms with E-state index in [9.17, 15) is 0 Å². The van der Waals surface area contributed by atoms with E-state index in [1.165, 1.54) is 19.3 Å². The van der Waals surface area contributed by atoms with Crippen LogP contribution in [0.4, 0.5) is 0 Å². The lowest BCUT2D eigenvalue weighted by Crippen LogP contribution is -2.34. The molecule has 1 aromatic rings. The van der Waals surface area contributed by atoms with Crippen LogP contribution in [0.5, 0.6) is 0 Å². The Labute approximate surface area is 95.5 Å². The summed E-state index contributed by atoms with van der Waals surface area (Å²) in [6.07, 6.45) is 4.99. The first-order valence-electron chi connectivity index (χ1n) is 5.95. The molecule has 0 bridgehead atoms. The van der Waals surface area contributed by atoms with Crippen LogP contribution in [-0.4, -0.2) is 29.5 Å². The number of aromatic nitrogens is 2. The molecule has 0 aliphatic carbocycles. The second-order valence-electron chi connectivity index (χ2n) is 4.28. The van der Waals surface area contributed by atoms with Crippen molar-refractivity contribution in [1.82, 2.24) is 15.6 Å². The predicted octanol–water partition coefficient (Wildman–Crippen LogP) is 1.43. The predicted molar refractivity (Wildman–Crippen MR) is 58.9 cm³/mol. The lowest BCUT2D eigenvalue weighted by molar-refractivity contribution is 0.103. The molecule has 1 unspecified atom stereocenters. The average Bonchev–Trinajstić information content (AvgIpc) is 2.72. The van der Waals surface area contributed by atoms with Crippen LogP contribution in [0.3, 0.4) is 0 Å². The summed E-state index contributed by atoms with van der Waals surface area (Å²) < 4.78 is 10.2. The van der Waals surface area contributed by atoms with Gasteiger partial charge in [0.05, 0.1) is 6.61 Å². The first-order valence-corrected chi connectivity index (χ1v) is 5.95. The van der Waals surface area contributed by atoms with E-state index in [1.54, 1.807) is 0 Å². The summed E-state index contributed by atoms with van der Waals surface area (Å²) in [4.78, 5) is 0. The molecule has 1 fully saturated rings. The van der Waals surface area contributed by atoms with E-state index in [2.05, 4.69) is 20.3 Å². The minimum Gasteiger partial charge on any atom is -0.375 e. The molecule has 2 heterocycles. The van der Waals surface area contributed by atoms with Gasteiger partial charge in [0.2, 0.25) is 0 Å². The zero-order chi connectivity index (χ0) is 11.2. The highest BCUT2D eigenvalue weighted by atomic mass is 16.6. The lowest BCUT2D eigenvalue weighted by atomic mass is 10.0. The molecule has 1 aliphatic rings. The van der Waals surface area contributed by atoms with Crippen LogP contribution in [0.15, 0.2) is 4.63 Å². The van der Waals surface area contributed by atoms with Gasteiger partial charge in [-0.05, 0) is 32.7 Å². The van der Waals surface area contributed by atoms with E-state index < -0.39 is 0 Å². The van der Waals surface area contributed by atoms with Crippen molar-refractivity contribution in [2.75, 3.05) is 13.2 Å². The van der Waals surface area contributed by atoms with Gasteiger partial charge in [-0.3, -0.25) is 0 Å². The van der Waals surface area contributed by atoms with Crippen molar-refractivity contribution in [1.29, 1.82) is 0 Å². The molecule has 0 saturated carbocycles. The number of rotatable bonds is 5. The molecule has 0 amide bonds. The summed E-state index contributed by atoms with van der Waals surface area (Å²) in [5, 5.41) is 11.0. The maximum atomic E-state index is 5.56. The van der Waals surface area contributed by atoms with Crippen molar-refractivity contribution in [3.63, 3.8) is 0 Å². The number of aryl methyl sites for hydroxylation is 1. The van der Waals surface area contributed by atoms with Gasteiger partial charge in [0.15, 0.2) is 0 Å². The maximum Gasteiger partial charge on any atom is 0.133 e. The van der Waals surface area contributed by atoms with Crippen molar-refractivity contribution in [3.8, 4) is 0 Å². The largest absolute Gasteiger partial charge is 0.375 e. The van der Waals surface area contributed by atoms with Gasteiger partial charge in [-0.25, -0.2) is 4.63 Å². The van der Waals surface area contributed by atoms with Gasteiger partial charge in [0, 0.05) is 12.6 Å². The van der Waals surface area contributed by atoms with Gasteiger partial charge in [0.25, 0.3) is 0 Å². The van der Waals surface area contributed by atoms with Gasteiger partial charge in [0.1, 0.15) is 11.4 Å². The Morgan fingerprint density at radius 3 is 3.06 bits per heavy atom. The normalized spacial score (nSPS) is 21.2. The molecular formula is C11H19N3O2. The smallest absolute Gasteiger partial charge is 0.133 e. The lowest BCUT2D eigenvalue weighted by Gasteiger charge is -2.23. The van der Waals surface area contributed by atoms with Crippen LogP contribution >= 0.6 is 0 Å². The molecule has 2 rings (SSSR count). The van der Waals surface area contributed by atoms with Crippen molar-refractivity contribution >= 4 is 0 Å². The molecule has 1 N–H and O–H groups in total. The van der Waals surface area contributed by atoms with Crippen LogP contribution in [0, 0.1) is 6.92 Å².